The maximum Gasteiger partial charge on any atom is 0.266 e. The van der Waals surface area contributed by atoms with Gasteiger partial charge in [-0.1, -0.05) is 47.5 Å². The number of benzene rings is 3. The van der Waals surface area contributed by atoms with Crippen LogP contribution >= 0.6 is 11.6 Å². The molecule has 0 aliphatic heterocycles. The summed E-state index contributed by atoms with van der Waals surface area (Å²) in [5, 5.41) is 15.4. The van der Waals surface area contributed by atoms with Gasteiger partial charge in [0, 0.05) is 22.0 Å². The van der Waals surface area contributed by atoms with Crippen molar-refractivity contribution in [2.24, 2.45) is 0 Å². The lowest BCUT2D eigenvalue weighted by Gasteiger charge is -2.12. The second-order valence-corrected chi connectivity index (χ2v) is 7.76. The molecule has 2 N–H and O–H groups in total. The summed E-state index contributed by atoms with van der Waals surface area (Å²) in [4.78, 5) is 24.9. The summed E-state index contributed by atoms with van der Waals surface area (Å²) < 4.78 is 5.67. The summed E-state index contributed by atoms with van der Waals surface area (Å²) in [6.45, 7) is 3.58. The van der Waals surface area contributed by atoms with E-state index in [9.17, 15) is 14.9 Å². The van der Waals surface area contributed by atoms with Crippen LogP contribution in [0.4, 0.5) is 11.4 Å². The molecule has 3 rings (SSSR count). The van der Waals surface area contributed by atoms with Crippen LogP contribution in [0.15, 0.2) is 72.3 Å². The zero-order valence-corrected chi connectivity index (χ0v) is 18.9. The fraction of sp³-hybridized carbons (Fsp3) is 0.115. The molecular formula is C26H22ClN3O3. The molecule has 2 amide bonds. The summed E-state index contributed by atoms with van der Waals surface area (Å²) in [6.07, 6.45) is 1.38. The van der Waals surface area contributed by atoms with Crippen LogP contribution in [0.1, 0.15) is 16.7 Å². The first-order valence-electron chi connectivity index (χ1n) is 10.1. The van der Waals surface area contributed by atoms with E-state index in [-0.39, 0.29) is 18.1 Å². The van der Waals surface area contributed by atoms with E-state index in [1.54, 1.807) is 36.4 Å². The highest BCUT2D eigenvalue weighted by molar-refractivity contribution is 6.30. The number of nitrogens with one attached hydrogen (secondary N) is 2. The molecule has 6 nitrogen and oxygen atoms in total. The van der Waals surface area contributed by atoms with E-state index in [4.69, 9.17) is 16.3 Å². The Hall–Kier alpha value is -4.08. The Labute approximate surface area is 197 Å². The molecule has 0 bridgehead atoms. The largest absolute Gasteiger partial charge is 0.483 e. The lowest BCUT2D eigenvalue weighted by Crippen LogP contribution is -2.21. The third-order valence-corrected chi connectivity index (χ3v) is 4.96. The fourth-order valence-corrected chi connectivity index (χ4v) is 3.13. The molecule has 0 saturated heterocycles. The van der Waals surface area contributed by atoms with Gasteiger partial charge in [0.2, 0.25) is 0 Å². The molecule has 3 aromatic carbocycles. The molecule has 0 saturated carbocycles. The molecule has 0 aromatic heterocycles. The van der Waals surface area contributed by atoms with Gasteiger partial charge >= 0.3 is 0 Å². The molecule has 0 spiro atoms. The molecule has 0 unspecified atom stereocenters. The van der Waals surface area contributed by atoms with Crippen molar-refractivity contribution in [3.05, 3.63) is 94.0 Å². The average Bonchev–Trinajstić information content (AvgIpc) is 2.79. The highest BCUT2D eigenvalue weighted by atomic mass is 35.5. The van der Waals surface area contributed by atoms with Crippen LogP contribution in [0.25, 0.3) is 6.08 Å². The number of carbonyl (C=O) groups excluding carboxylic acids is 2. The molecule has 3 aromatic rings. The Kier molecular flexibility index (Phi) is 7.85. The number of amides is 2. The van der Waals surface area contributed by atoms with Crippen LogP contribution in [0.2, 0.25) is 5.02 Å². The van der Waals surface area contributed by atoms with Crippen molar-refractivity contribution in [1.29, 1.82) is 5.26 Å². The number of nitriles is 1. The number of rotatable bonds is 7. The zero-order chi connectivity index (χ0) is 23.8. The Morgan fingerprint density at radius 1 is 1.03 bits per heavy atom. The van der Waals surface area contributed by atoms with Gasteiger partial charge in [-0.3, -0.25) is 9.59 Å². The molecule has 0 aliphatic rings. The minimum absolute atomic E-state index is 0.132. The van der Waals surface area contributed by atoms with Crippen LogP contribution in [-0.2, 0) is 9.59 Å². The maximum absolute atomic E-state index is 12.6. The molecule has 33 heavy (non-hydrogen) atoms. The van der Waals surface area contributed by atoms with Crippen molar-refractivity contribution in [3.63, 3.8) is 0 Å². The van der Waals surface area contributed by atoms with Crippen LogP contribution < -0.4 is 15.4 Å². The predicted octanol–water partition coefficient (Wildman–Crippen LogP) is 5.52. The highest BCUT2D eigenvalue weighted by Gasteiger charge is 2.13. The number of aryl methyl sites for hydroxylation is 2. The summed E-state index contributed by atoms with van der Waals surface area (Å²) in [6, 6.07) is 21.3. The van der Waals surface area contributed by atoms with Crippen LogP contribution in [-0.4, -0.2) is 18.4 Å². The van der Waals surface area contributed by atoms with Gasteiger partial charge in [0.25, 0.3) is 11.8 Å². The van der Waals surface area contributed by atoms with Crippen molar-refractivity contribution >= 4 is 40.9 Å². The monoisotopic (exact) mass is 459 g/mol. The second-order valence-electron chi connectivity index (χ2n) is 7.32. The van der Waals surface area contributed by atoms with Gasteiger partial charge in [0.15, 0.2) is 6.61 Å². The number of nitrogens with zero attached hydrogens (tertiary/aromatic N) is 1. The number of halogens is 1. The average molecular weight is 460 g/mol. The number of anilines is 2. The van der Waals surface area contributed by atoms with Gasteiger partial charge in [-0.25, -0.2) is 0 Å². The van der Waals surface area contributed by atoms with E-state index in [2.05, 4.69) is 10.6 Å². The lowest BCUT2D eigenvalue weighted by molar-refractivity contribution is -0.118. The smallest absolute Gasteiger partial charge is 0.266 e. The van der Waals surface area contributed by atoms with Crippen LogP contribution in [0.5, 0.6) is 5.75 Å². The Balaban J connectivity index is 1.75. The third kappa shape index (κ3) is 6.70. The molecule has 0 heterocycles. The molecular weight excluding hydrogens is 438 g/mol. The summed E-state index contributed by atoms with van der Waals surface area (Å²) in [5.41, 5.74) is 3.52. The standard InChI is InChI=1S/C26H22ClN3O3/c1-17-7-10-22(11-8-17)29-26(32)20(15-28)13-19-14-21(27)9-12-24(19)33-16-25(31)30-23-6-4-3-5-18(23)2/h3-14H,16H2,1-2H3,(H,29,32)(H,30,31)/b20-13-. The number of para-hydroxylation sites is 1. The van der Waals surface area contributed by atoms with Crippen LogP contribution in [0.3, 0.4) is 0 Å². The van der Waals surface area contributed by atoms with E-state index in [0.29, 0.717) is 27.7 Å². The first-order chi connectivity index (χ1) is 15.9. The van der Waals surface area contributed by atoms with E-state index < -0.39 is 5.91 Å². The number of hydrogen-bond donors (Lipinski definition) is 2. The predicted molar refractivity (Wildman–Crippen MR) is 130 cm³/mol. The minimum Gasteiger partial charge on any atom is -0.483 e. The summed E-state index contributed by atoms with van der Waals surface area (Å²) >= 11 is 6.11. The molecule has 0 atom stereocenters. The normalized spacial score (nSPS) is 10.8. The van der Waals surface area contributed by atoms with Crippen LogP contribution in [0, 0.1) is 25.2 Å². The van der Waals surface area contributed by atoms with Gasteiger partial charge in [-0.05, 0) is 61.9 Å². The van der Waals surface area contributed by atoms with Gasteiger partial charge in [0.05, 0.1) is 0 Å². The number of ether oxygens (including phenoxy) is 1. The number of carbonyl (C=O) groups is 2. The van der Waals surface area contributed by atoms with E-state index in [1.165, 1.54) is 6.08 Å². The van der Waals surface area contributed by atoms with Crippen molar-refractivity contribution in [2.75, 3.05) is 17.2 Å². The minimum atomic E-state index is -0.565. The van der Waals surface area contributed by atoms with Gasteiger partial charge < -0.3 is 15.4 Å². The molecule has 7 heteroatoms. The summed E-state index contributed by atoms with van der Waals surface area (Å²) in [5.74, 6) is -0.591. The topological polar surface area (TPSA) is 91.2 Å². The lowest BCUT2D eigenvalue weighted by atomic mass is 10.1. The second kappa shape index (κ2) is 11.0. The Morgan fingerprint density at radius 2 is 1.76 bits per heavy atom. The van der Waals surface area contributed by atoms with E-state index >= 15 is 0 Å². The van der Waals surface area contributed by atoms with Gasteiger partial charge in [0.1, 0.15) is 17.4 Å². The molecule has 0 fully saturated rings. The molecule has 166 valence electrons. The van der Waals surface area contributed by atoms with Crippen molar-refractivity contribution < 1.29 is 14.3 Å². The third-order valence-electron chi connectivity index (χ3n) is 4.72. The van der Waals surface area contributed by atoms with E-state index in [1.807, 2.05) is 50.2 Å². The van der Waals surface area contributed by atoms with Crippen molar-refractivity contribution in [2.45, 2.75) is 13.8 Å². The number of hydrogen-bond acceptors (Lipinski definition) is 4. The molecule has 0 aliphatic carbocycles. The zero-order valence-electron chi connectivity index (χ0n) is 18.2. The maximum atomic E-state index is 12.6. The fourth-order valence-electron chi connectivity index (χ4n) is 2.95. The quantitative estimate of drug-likeness (QED) is 0.359. The first-order valence-corrected chi connectivity index (χ1v) is 10.5. The first kappa shape index (κ1) is 23.6. The van der Waals surface area contributed by atoms with Gasteiger partial charge in [-0.2, -0.15) is 5.26 Å². The highest BCUT2D eigenvalue weighted by Crippen LogP contribution is 2.26. The summed E-state index contributed by atoms with van der Waals surface area (Å²) in [7, 11) is 0. The van der Waals surface area contributed by atoms with Crippen molar-refractivity contribution in [1.82, 2.24) is 0 Å². The SMILES string of the molecule is Cc1ccc(NC(=O)/C(C#N)=C\c2cc(Cl)ccc2OCC(=O)Nc2ccccc2C)cc1. The van der Waals surface area contributed by atoms with Crippen molar-refractivity contribution in [3.8, 4) is 11.8 Å². The van der Waals surface area contributed by atoms with Gasteiger partial charge in [-0.15, -0.1) is 0 Å². The Bertz CT molecular complexity index is 1240. The molecule has 0 radical (unpaired) electrons. The van der Waals surface area contributed by atoms with E-state index in [0.717, 1.165) is 11.1 Å². The Morgan fingerprint density at radius 3 is 2.45 bits per heavy atom.